The maximum absolute atomic E-state index is 11.8. The molecule has 2 saturated heterocycles. The van der Waals surface area contributed by atoms with Crippen LogP contribution in [0.5, 0.6) is 0 Å². The number of nitrogens with zero attached hydrogens (tertiary/aromatic N) is 1. The van der Waals surface area contributed by atoms with Crippen LogP contribution in [0.1, 0.15) is 33.1 Å². The highest BCUT2D eigenvalue weighted by atomic mass is 16.2. The molecule has 2 fully saturated rings. The van der Waals surface area contributed by atoms with E-state index < -0.39 is 0 Å². The van der Waals surface area contributed by atoms with Gasteiger partial charge in [-0.15, -0.1) is 0 Å². The molecule has 2 heterocycles. The van der Waals surface area contributed by atoms with Crippen molar-refractivity contribution in [3.63, 3.8) is 0 Å². The lowest BCUT2D eigenvalue weighted by molar-refractivity contribution is -0.133. The first-order chi connectivity index (χ1) is 6.92. The number of fused-ring (bicyclic) bond motifs is 1. The molecule has 0 radical (unpaired) electrons. The predicted molar refractivity (Wildman–Crippen MR) is 55.8 cm³/mol. The fourth-order valence-corrected chi connectivity index (χ4v) is 2.90. The third-order valence-corrected chi connectivity index (χ3v) is 3.81. The van der Waals surface area contributed by atoms with Crippen molar-refractivity contribution in [1.82, 2.24) is 4.90 Å². The van der Waals surface area contributed by atoms with Gasteiger partial charge >= 0.3 is 0 Å². The molecule has 0 aromatic rings. The number of piperidine rings is 1. The Kier molecular flexibility index (Phi) is 2.24. The Morgan fingerprint density at radius 2 is 2.13 bits per heavy atom. The molecule has 2 amide bonds. The summed E-state index contributed by atoms with van der Waals surface area (Å²) in [5, 5.41) is 0. The Morgan fingerprint density at radius 3 is 2.73 bits per heavy atom. The van der Waals surface area contributed by atoms with Crippen LogP contribution in [0.2, 0.25) is 0 Å². The zero-order chi connectivity index (χ0) is 11.2. The molecule has 2 N–H and O–H groups in total. The maximum atomic E-state index is 11.8. The van der Waals surface area contributed by atoms with Gasteiger partial charge in [-0.1, -0.05) is 13.8 Å². The Hall–Kier alpha value is -1.06. The average molecular weight is 210 g/mol. The summed E-state index contributed by atoms with van der Waals surface area (Å²) in [6.45, 7) is 4.78. The second-order valence-corrected chi connectivity index (χ2v) is 5.40. The molecule has 0 bridgehead atoms. The molecule has 0 aromatic carbocycles. The minimum Gasteiger partial charge on any atom is -0.369 e. The number of carbonyl (C=O) groups excluding carboxylic acids is 2. The normalized spacial score (nSPS) is 34.0. The molecule has 0 spiro atoms. The van der Waals surface area contributed by atoms with Crippen molar-refractivity contribution >= 4 is 11.8 Å². The Bertz CT molecular complexity index is 312. The molecule has 2 atom stereocenters. The first-order valence-electron chi connectivity index (χ1n) is 5.50. The number of carbonyl (C=O) groups is 2. The van der Waals surface area contributed by atoms with Gasteiger partial charge in [-0.3, -0.25) is 9.59 Å². The van der Waals surface area contributed by atoms with Gasteiger partial charge in [-0.05, 0) is 18.3 Å². The number of rotatable bonds is 1. The van der Waals surface area contributed by atoms with E-state index in [9.17, 15) is 9.59 Å². The van der Waals surface area contributed by atoms with Gasteiger partial charge in [0.05, 0.1) is 5.92 Å². The quantitative estimate of drug-likeness (QED) is 0.685. The topological polar surface area (TPSA) is 63.4 Å². The van der Waals surface area contributed by atoms with Crippen molar-refractivity contribution in [2.75, 3.05) is 6.54 Å². The fourth-order valence-electron chi connectivity index (χ4n) is 2.90. The summed E-state index contributed by atoms with van der Waals surface area (Å²) in [6, 6.07) is 0.306. The van der Waals surface area contributed by atoms with Crippen LogP contribution in [0.4, 0.5) is 0 Å². The number of amides is 2. The summed E-state index contributed by atoms with van der Waals surface area (Å²) in [5.41, 5.74) is 5.34. The predicted octanol–water partition coefficient (Wildman–Crippen LogP) is 0.509. The van der Waals surface area contributed by atoms with Gasteiger partial charge in [-0.25, -0.2) is 0 Å². The first-order valence-corrected chi connectivity index (χ1v) is 5.50. The highest BCUT2D eigenvalue weighted by Crippen LogP contribution is 2.42. The van der Waals surface area contributed by atoms with E-state index in [-0.39, 0.29) is 23.1 Å². The van der Waals surface area contributed by atoms with Crippen molar-refractivity contribution in [3.05, 3.63) is 0 Å². The molecule has 0 aliphatic carbocycles. The number of hydrogen-bond acceptors (Lipinski definition) is 2. The summed E-state index contributed by atoms with van der Waals surface area (Å²) >= 11 is 0. The lowest BCUT2D eigenvalue weighted by Gasteiger charge is -2.38. The Balaban J connectivity index is 2.16. The van der Waals surface area contributed by atoms with Crippen molar-refractivity contribution in [2.45, 2.75) is 39.2 Å². The van der Waals surface area contributed by atoms with Crippen molar-refractivity contribution in [2.24, 2.45) is 17.1 Å². The van der Waals surface area contributed by atoms with Crippen molar-refractivity contribution in [3.8, 4) is 0 Å². The highest BCUT2D eigenvalue weighted by molar-refractivity contribution is 5.82. The highest BCUT2D eigenvalue weighted by Gasteiger charge is 2.48. The zero-order valence-electron chi connectivity index (χ0n) is 9.32. The standard InChI is InChI=1S/C11H18N2O2/c1-11(2)5-9(14)13-6-7(10(12)15)3-4-8(11)13/h7-8H,3-6H2,1-2H3,(H2,12,15). The third kappa shape index (κ3) is 1.62. The van der Waals surface area contributed by atoms with Crippen LogP contribution in [0.15, 0.2) is 0 Å². The smallest absolute Gasteiger partial charge is 0.223 e. The van der Waals surface area contributed by atoms with Crippen LogP contribution >= 0.6 is 0 Å². The molecule has 15 heavy (non-hydrogen) atoms. The SMILES string of the molecule is CC1(C)CC(=O)N2CC(C(N)=O)CCC21. The maximum Gasteiger partial charge on any atom is 0.223 e. The summed E-state index contributed by atoms with van der Waals surface area (Å²) in [4.78, 5) is 24.7. The zero-order valence-corrected chi connectivity index (χ0v) is 9.32. The molecule has 84 valence electrons. The molecular weight excluding hydrogens is 192 g/mol. The number of nitrogens with two attached hydrogens (primary N) is 1. The Labute approximate surface area is 89.8 Å². The molecule has 0 saturated carbocycles. The van der Waals surface area contributed by atoms with Gasteiger partial charge in [0.2, 0.25) is 11.8 Å². The van der Waals surface area contributed by atoms with Crippen LogP contribution in [-0.4, -0.2) is 29.3 Å². The van der Waals surface area contributed by atoms with E-state index in [1.54, 1.807) is 0 Å². The van der Waals surface area contributed by atoms with E-state index in [1.807, 2.05) is 4.90 Å². The van der Waals surface area contributed by atoms with E-state index in [0.717, 1.165) is 12.8 Å². The van der Waals surface area contributed by atoms with Gasteiger partial charge < -0.3 is 10.6 Å². The molecule has 4 nitrogen and oxygen atoms in total. The van der Waals surface area contributed by atoms with E-state index in [2.05, 4.69) is 13.8 Å². The second kappa shape index (κ2) is 3.22. The van der Waals surface area contributed by atoms with Crippen LogP contribution < -0.4 is 5.73 Å². The summed E-state index contributed by atoms with van der Waals surface area (Å²) in [6.07, 6.45) is 2.34. The lowest BCUT2D eigenvalue weighted by Crippen LogP contribution is -2.48. The Morgan fingerprint density at radius 1 is 1.47 bits per heavy atom. The van der Waals surface area contributed by atoms with Crippen LogP contribution in [0, 0.1) is 11.3 Å². The van der Waals surface area contributed by atoms with Gasteiger partial charge in [0.1, 0.15) is 0 Å². The molecule has 0 aromatic heterocycles. The molecule has 2 aliphatic rings. The first kappa shape index (κ1) is 10.5. The summed E-state index contributed by atoms with van der Waals surface area (Å²) < 4.78 is 0. The lowest BCUT2D eigenvalue weighted by atomic mass is 9.79. The third-order valence-electron chi connectivity index (χ3n) is 3.81. The van der Waals surface area contributed by atoms with E-state index >= 15 is 0 Å². The van der Waals surface area contributed by atoms with Gasteiger partial charge in [0.15, 0.2) is 0 Å². The molecule has 2 unspecified atom stereocenters. The molecule has 2 rings (SSSR count). The van der Waals surface area contributed by atoms with Crippen LogP contribution in [0.3, 0.4) is 0 Å². The minimum atomic E-state index is -0.272. The van der Waals surface area contributed by atoms with Gasteiger partial charge in [0.25, 0.3) is 0 Å². The monoisotopic (exact) mass is 210 g/mol. The van der Waals surface area contributed by atoms with E-state index in [4.69, 9.17) is 5.73 Å². The van der Waals surface area contributed by atoms with E-state index in [1.165, 1.54) is 0 Å². The van der Waals surface area contributed by atoms with Gasteiger partial charge in [0, 0.05) is 19.0 Å². The van der Waals surface area contributed by atoms with Gasteiger partial charge in [-0.2, -0.15) is 0 Å². The van der Waals surface area contributed by atoms with Crippen LogP contribution in [0.25, 0.3) is 0 Å². The van der Waals surface area contributed by atoms with Crippen LogP contribution in [-0.2, 0) is 9.59 Å². The van der Waals surface area contributed by atoms with Crippen molar-refractivity contribution < 1.29 is 9.59 Å². The molecule has 2 aliphatic heterocycles. The van der Waals surface area contributed by atoms with Crippen molar-refractivity contribution in [1.29, 1.82) is 0 Å². The molecule has 4 heteroatoms. The second-order valence-electron chi connectivity index (χ2n) is 5.40. The average Bonchev–Trinajstić information content (AvgIpc) is 2.37. The fraction of sp³-hybridized carbons (Fsp3) is 0.818. The number of hydrogen-bond donors (Lipinski definition) is 1. The minimum absolute atomic E-state index is 0.0553. The summed E-state index contributed by atoms with van der Waals surface area (Å²) in [7, 11) is 0. The number of primary amides is 1. The molecular formula is C11H18N2O2. The van der Waals surface area contributed by atoms with E-state index in [0.29, 0.717) is 19.0 Å². The largest absolute Gasteiger partial charge is 0.369 e. The summed E-state index contributed by atoms with van der Waals surface area (Å²) in [5.74, 6) is -0.235.